The summed E-state index contributed by atoms with van der Waals surface area (Å²) >= 11 is 1.92. The molecule has 2 nitrogen and oxygen atoms in total. The molecule has 54 valence electrons. The Morgan fingerprint density at radius 1 is 1.70 bits per heavy atom. The van der Waals surface area contributed by atoms with Crippen molar-refractivity contribution in [3.63, 3.8) is 0 Å². The summed E-state index contributed by atoms with van der Waals surface area (Å²) < 4.78 is 13.1. The fourth-order valence-corrected chi connectivity index (χ4v) is 0.985. The second-order valence-corrected chi connectivity index (χ2v) is 2.90. The number of rotatable bonds is 1. The molecular weight excluding hydrogens is 246 g/mol. The maximum atomic E-state index is 12.5. The molecule has 0 saturated heterocycles. The Labute approximate surface area is 72.0 Å². The monoisotopic (exact) mass is 252 g/mol. The van der Waals surface area contributed by atoms with Gasteiger partial charge in [0.25, 0.3) is 0 Å². The van der Waals surface area contributed by atoms with Crippen LogP contribution in [0.4, 0.5) is 10.2 Å². The lowest BCUT2D eigenvalue weighted by molar-refractivity contribution is 0.614. The molecule has 0 aliphatic carbocycles. The highest BCUT2D eigenvalue weighted by Gasteiger charge is 1.98. The summed E-state index contributed by atoms with van der Waals surface area (Å²) in [6, 6.07) is 1.65. The van der Waals surface area contributed by atoms with E-state index in [1.54, 1.807) is 13.1 Å². The van der Waals surface area contributed by atoms with E-state index in [0.717, 1.165) is 0 Å². The molecule has 0 amide bonds. The van der Waals surface area contributed by atoms with Gasteiger partial charge in [0.2, 0.25) is 0 Å². The van der Waals surface area contributed by atoms with Crippen molar-refractivity contribution in [1.82, 2.24) is 4.98 Å². The number of aromatic nitrogens is 1. The Bertz CT molecular complexity index is 239. The topological polar surface area (TPSA) is 24.9 Å². The highest BCUT2D eigenvalue weighted by molar-refractivity contribution is 14.1. The van der Waals surface area contributed by atoms with Crippen LogP contribution in [0.15, 0.2) is 12.3 Å². The average molecular weight is 252 g/mol. The molecule has 0 radical (unpaired) electrons. The quantitative estimate of drug-likeness (QED) is 0.771. The van der Waals surface area contributed by atoms with E-state index in [0.29, 0.717) is 9.39 Å². The lowest BCUT2D eigenvalue weighted by Gasteiger charge is -1.98. The summed E-state index contributed by atoms with van der Waals surface area (Å²) in [5, 5.41) is 2.81. The Morgan fingerprint density at radius 3 is 2.90 bits per heavy atom. The SMILES string of the molecule is CNc1cc(I)c(F)cn1. The molecule has 1 aromatic rings. The molecular formula is C6H6FIN2. The van der Waals surface area contributed by atoms with Crippen LogP contribution in [0.25, 0.3) is 0 Å². The third-order valence-electron chi connectivity index (χ3n) is 1.06. The highest BCUT2D eigenvalue weighted by Crippen LogP contribution is 2.12. The minimum absolute atomic E-state index is 0.278. The predicted octanol–water partition coefficient (Wildman–Crippen LogP) is 1.87. The minimum atomic E-state index is -0.278. The number of pyridine rings is 1. The van der Waals surface area contributed by atoms with Crippen molar-refractivity contribution in [3.8, 4) is 0 Å². The van der Waals surface area contributed by atoms with Gasteiger partial charge in [0.1, 0.15) is 5.82 Å². The highest BCUT2D eigenvalue weighted by atomic mass is 127. The fraction of sp³-hybridized carbons (Fsp3) is 0.167. The number of nitrogens with one attached hydrogen (secondary N) is 1. The molecule has 1 aromatic heterocycles. The van der Waals surface area contributed by atoms with Gasteiger partial charge in [-0.3, -0.25) is 0 Å². The van der Waals surface area contributed by atoms with Crippen molar-refractivity contribution >= 4 is 28.4 Å². The van der Waals surface area contributed by atoms with Crippen LogP contribution in [0.2, 0.25) is 0 Å². The molecule has 0 saturated carbocycles. The van der Waals surface area contributed by atoms with Gasteiger partial charge >= 0.3 is 0 Å². The zero-order valence-electron chi connectivity index (χ0n) is 5.36. The van der Waals surface area contributed by atoms with Gasteiger partial charge in [-0.25, -0.2) is 9.37 Å². The molecule has 10 heavy (non-hydrogen) atoms. The van der Waals surface area contributed by atoms with Crippen molar-refractivity contribution in [3.05, 3.63) is 21.7 Å². The number of hydrogen-bond donors (Lipinski definition) is 1. The summed E-state index contributed by atoms with van der Waals surface area (Å²) in [6.45, 7) is 0. The molecule has 0 aliphatic rings. The van der Waals surface area contributed by atoms with Crippen LogP contribution in [0.3, 0.4) is 0 Å². The van der Waals surface area contributed by atoms with Gasteiger partial charge in [-0.2, -0.15) is 0 Å². The van der Waals surface area contributed by atoms with Crippen molar-refractivity contribution in [2.75, 3.05) is 12.4 Å². The number of anilines is 1. The van der Waals surface area contributed by atoms with E-state index in [1.807, 2.05) is 22.6 Å². The largest absolute Gasteiger partial charge is 0.373 e. The van der Waals surface area contributed by atoms with Crippen molar-refractivity contribution < 1.29 is 4.39 Å². The molecule has 0 aromatic carbocycles. The standard InChI is InChI=1S/C6H6FIN2/c1-9-6-2-5(8)4(7)3-10-6/h2-3H,1H3,(H,9,10). The van der Waals surface area contributed by atoms with Crippen LogP contribution in [-0.4, -0.2) is 12.0 Å². The van der Waals surface area contributed by atoms with Crippen molar-refractivity contribution in [1.29, 1.82) is 0 Å². The van der Waals surface area contributed by atoms with E-state index in [9.17, 15) is 4.39 Å². The summed E-state index contributed by atoms with van der Waals surface area (Å²) in [5.74, 6) is 0.408. The molecule has 0 aliphatic heterocycles. The van der Waals surface area contributed by atoms with Gasteiger partial charge in [0, 0.05) is 7.05 Å². The number of hydrogen-bond acceptors (Lipinski definition) is 2. The van der Waals surface area contributed by atoms with Crippen molar-refractivity contribution in [2.24, 2.45) is 0 Å². The van der Waals surface area contributed by atoms with Gasteiger partial charge in [0.05, 0.1) is 9.77 Å². The first-order valence-electron chi connectivity index (χ1n) is 2.73. The van der Waals surface area contributed by atoms with Crippen LogP contribution in [0.5, 0.6) is 0 Å². The maximum absolute atomic E-state index is 12.5. The predicted molar refractivity (Wildman–Crippen MR) is 46.5 cm³/mol. The summed E-state index contributed by atoms with van der Waals surface area (Å²) in [4.78, 5) is 3.77. The number of nitrogens with zero attached hydrogens (tertiary/aromatic N) is 1. The number of halogens is 2. The third-order valence-corrected chi connectivity index (χ3v) is 1.89. The lowest BCUT2D eigenvalue weighted by Crippen LogP contribution is -1.93. The second kappa shape index (κ2) is 3.14. The van der Waals surface area contributed by atoms with E-state index in [2.05, 4.69) is 10.3 Å². The molecule has 0 fully saturated rings. The smallest absolute Gasteiger partial charge is 0.154 e. The normalized spacial score (nSPS) is 9.50. The molecule has 1 rings (SSSR count). The Kier molecular flexibility index (Phi) is 2.42. The van der Waals surface area contributed by atoms with Gasteiger partial charge in [-0.15, -0.1) is 0 Å². The van der Waals surface area contributed by atoms with Crippen LogP contribution >= 0.6 is 22.6 Å². The first kappa shape index (κ1) is 7.71. The average Bonchev–Trinajstić information content (AvgIpc) is 1.95. The van der Waals surface area contributed by atoms with Gasteiger partial charge in [-0.1, -0.05) is 0 Å². The first-order valence-corrected chi connectivity index (χ1v) is 3.80. The maximum Gasteiger partial charge on any atom is 0.154 e. The Morgan fingerprint density at radius 2 is 2.40 bits per heavy atom. The minimum Gasteiger partial charge on any atom is -0.373 e. The van der Waals surface area contributed by atoms with Crippen LogP contribution in [0.1, 0.15) is 0 Å². The van der Waals surface area contributed by atoms with E-state index in [4.69, 9.17) is 0 Å². The van der Waals surface area contributed by atoms with Gasteiger partial charge < -0.3 is 5.32 Å². The third kappa shape index (κ3) is 1.56. The summed E-state index contributed by atoms with van der Waals surface area (Å²) in [5.41, 5.74) is 0. The van der Waals surface area contributed by atoms with Crippen molar-refractivity contribution in [2.45, 2.75) is 0 Å². The molecule has 1 heterocycles. The van der Waals surface area contributed by atoms with E-state index < -0.39 is 0 Å². The molecule has 0 bridgehead atoms. The van der Waals surface area contributed by atoms with E-state index in [1.165, 1.54) is 6.20 Å². The van der Waals surface area contributed by atoms with Crippen LogP contribution < -0.4 is 5.32 Å². The lowest BCUT2D eigenvalue weighted by atomic mass is 10.4. The summed E-state index contributed by atoms with van der Waals surface area (Å²) in [6.07, 6.45) is 1.20. The zero-order chi connectivity index (χ0) is 7.56. The second-order valence-electron chi connectivity index (χ2n) is 1.73. The zero-order valence-corrected chi connectivity index (χ0v) is 7.52. The molecule has 0 spiro atoms. The van der Waals surface area contributed by atoms with E-state index in [-0.39, 0.29) is 5.82 Å². The van der Waals surface area contributed by atoms with E-state index >= 15 is 0 Å². The van der Waals surface area contributed by atoms with Gasteiger partial charge in [-0.05, 0) is 28.7 Å². The Hall–Kier alpha value is -0.390. The summed E-state index contributed by atoms with van der Waals surface area (Å²) in [7, 11) is 1.75. The molecule has 1 N–H and O–H groups in total. The fourth-order valence-electron chi connectivity index (χ4n) is 0.551. The van der Waals surface area contributed by atoms with Crippen LogP contribution in [-0.2, 0) is 0 Å². The van der Waals surface area contributed by atoms with Crippen LogP contribution in [0, 0.1) is 9.39 Å². The molecule has 0 unspecified atom stereocenters. The molecule has 4 heteroatoms. The molecule has 0 atom stereocenters. The Balaban J connectivity index is 3.04. The first-order chi connectivity index (χ1) is 4.74. The van der Waals surface area contributed by atoms with Gasteiger partial charge in [0.15, 0.2) is 5.82 Å².